The highest BCUT2D eigenvalue weighted by atomic mass is 32.2. The number of hydrogen-bond donors (Lipinski definition) is 0. The molecule has 7 heteroatoms. The molecule has 0 N–H and O–H groups in total. The van der Waals surface area contributed by atoms with Gasteiger partial charge in [-0.2, -0.15) is 4.31 Å². The third kappa shape index (κ3) is 5.57. The minimum absolute atomic E-state index is 0.140. The van der Waals surface area contributed by atoms with Crippen molar-refractivity contribution < 1.29 is 13.2 Å². The van der Waals surface area contributed by atoms with Gasteiger partial charge in [-0.15, -0.1) is 0 Å². The molecule has 0 unspecified atom stereocenters. The van der Waals surface area contributed by atoms with Crippen molar-refractivity contribution in [3.8, 4) is 0 Å². The highest BCUT2D eigenvalue weighted by molar-refractivity contribution is 7.89. The second kappa shape index (κ2) is 10.1. The molecule has 1 saturated heterocycles. The Kier molecular flexibility index (Phi) is 7.75. The Hall–Kier alpha value is -2.22. The average molecular weight is 458 g/mol. The molecule has 1 fully saturated rings. The summed E-state index contributed by atoms with van der Waals surface area (Å²) in [5.74, 6) is -0.140. The Balaban J connectivity index is 1.92. The molecule has 1 aliphatic heterocycles. The second-order valence-corrected chi connectivity index (χ2v) is 10.7. The van der Waals surface area contributed by atoms with Crippen LogP contribution >= 0.6 is 0 Å². The van der Waals surface area contributed by atoms with Gasteiger partial charge in [0.2, 0.25) is 15.9 Å². The lowest BCUT2D eigenvalue weighted by Crippen LogP contribution is -2.51. The van der Waals surface area contributed by atoms with Gasteiger partial charge in [0.1, 0.15) is 0 Å². The van der Waals surface area contributed by atoms with Gasteiger partial charge in [0.05, 0.1) is 11.4 Å². The Labute approximate surface area is 192 Å². The van der Waals surface area contributed by atoms with Crippen LogP contribution in [0.1, 0.15) is 34.7 Å². The molecule has 0 radical (unpaired) electrons. The van der Waals surface area contributed by atoms with E-state index >= 15 is 0 Å². The van der Waals surface area contributed by atoms with Gasteiger partial charge in [-0.25, -0.2) is 8.42 Å². The van der Waals surface area contributed by atoms with Crippen molar-refractivity contribution in [3.05, 3.63) is 64.2 Å². The Morgan fingerprint density at radius 1 is 0.906 bits per heavy atom. The monoisotopic (exact) mass is 457 g/mol. The minimum atomic E-state index is -3.86. The fourth-order valence-electron chi connectivity index (χ4n) is 4.39. The zero-order chi connectivity index (χ0) is 23.5. The van der Waals surface area contributed by atoms with Crippen molar-refractivity contribution in [2.45, 2.75) is 46.1 Å². The summed E-state index contributed by atoms with van der Waals surface area (Å²) in [5, 5.41) is 0. The van der Waals surface area contributed by atoms with E-state index in [4.69, 9.17) is 0 Å². The molecule has 0 aliphatic carbocycles. The van der Waals surface area contributed by atoms with Crippen LogP contribution in [0.5, 0.6) is 0 Å². The van der Waals surface area contributed by atoms with Crippen LogP contribution in [0.4, 0.5) is 0 Å². The first-order chi connectivity index (χ1) is 15.1. The van der Waals surface area contributed by atoms with Crippen molar-refractivity contribution in [1.82, 2.24) is 14.1 Å². The molecule has 32 heavy (non-hydrogen) atoms. The van der Waals surface area contributed by atoms with E-state index in [0.29, 0.717) is 29.1 Å². The first kappa shape index (κ1) is 24.4. The lowest BCUT2D eigenvalue weighted by Gasteiger charge is -2.35. The lowest BCUT2D eigenvalue weighted by atomic mass is 10.1. The summed E-state index contributed by atoms with van der Waals surface area (Å²) in [6.07, 6.45) is 0. The highest BCUT2D eigenvalue weighted by Crippen LogP contribution is 2.27. The van der Waals surface area contributed by atoms with Crippen LogP contribution < -0.4 is 0 Å². The van der Waals surface area contributed by atoms with Crippen LogP contribution in [-0.4, -0.2) is 67.7 Å². The van der Waals surface area contributed by atoms with Crippen molar-refractivity contribution in [3.63, 3.8) is 0 Å². The molecular formula is C25H35N3O3S. The SMILES string of the molecule is CCN1CCN(C(=O)CN(Cc2ccc(C)cc2)S(=O)(=O)c2c(C)cc(C)cc2C)CC1. The number of benzene rings is 2. The van der Waals surface area contributed by atoms with E-state index in [1.807, 2.05) is 64.1 Å². The number of sulfonamides is 1. The van der Waals surface area contributed by atoms with Gasteiger partial charge >= 0.3 is 0 Å². The number of piperazine rings is 1. The smallest absolute Gasteiger partial charge is 0.244 e. The Morgan fingerprint density at radius 3 is 2.00 bits per heavy atom. The summed E-state index contributed by atoms with van der Waals surface area (Å²) in [5.41, 5.74) is 4.41. The van der Waals surface area contributed by atoms with Gasteiger partial charge in [-0.05, 0) is 50.9 Å². The van der Waals surface area contributed by atoms with E-state index in [2.05, 4.69) is 11.8 Å². The van der Waals surface area contributed by atoms with Crippen molar-refractivity contribution in [2.24, 2.45) is 0 Å². The summed E-state index contributed by atoms with van der Waals surface area (Å²) in [4.78, 5) is 17.5. The number of nitrogens with zero attached hydrogens (tertiary/aromatic N) is 3. The van der Waals surface area contributed by atoms with Crippen LogP contribution in [0, 0.1) is 27.7 Å². The number of carbonyl (C=O) groups excluding carboxylic acids is 1. The van der Waals surface area contributed by atoms with Crippen LogP contribution in [-0.2, 0) is 21.4 Å². The van der Waals surface area contributed by atoms with E-state index in [9.17, 15) is 13.2 Å². The number of carbonyl (C=O) groups is 1. The van der Waals surface area contributed by atoms with Crippen LogP contribution in [0.25, 0.3) is 0 Å². The summed E-state index contributed by atoms with van der Waals surface area (Å²) in [6, 6.07) is 11.6. The quantitative estimate of drug-likeness (QED) is 0.640. The average Bonchev–Trinajstić information content (AvgIpc) is 2.73. The van der Waals surface area contributed by atoms with Gasteiger partial charge in [0, 0.05) is 32.7 Å². The fourth-order valence-corrected chi connectivity index (χ4v) is 6.18. The summed E-state index contributed by atoms with van der Waals surface area (Å²) in [6.45, 7) is 13.6. The Morgan fingerprint density at radius 2 is 1.47 bits per heavy atom. The van der Waals surface area contributed by atoms with E-state index in [1.54, 1.807) is 4.90 Å². The van der Waals surface area contributed by atoms with Crippen LogP contribution in [0.3, 0.4) is 0 Å². The molecule has 0 spiro atoms. The summed E-state index contributed by atoms with van der Waals surface area (Å²) in [7, 11) is -3.86. The fraction of sp³-hybridized carbons (Fsp3) is 0.480. The number of amides is 1. The molecule has 2 aromatic carbocycles. The maximum Gasteiger partial charge on any atom is 0.244 e. The largest absolute Gasteiger partial charge is 0.339 e. The third-order valence-electron chi connectivity index (χ3n) is 6.17. The zero-order valence-corrected chi connectivity index (χ0v) is 20.7. The number of rotatable bonds is 7. The van der Waals surface area contributed by atoms with E-state index < -0.39 is 10.0 Å². The third-order valence-corrected chi connectivity index (χ3v) is 8.26. The molecule has 2 aromatic rings. The number of likely N-dealkylation sites (N-methyl/N-ethyl adjacent to an activating group) is 1. The lowest BCUT2D eigenvalue weighted by molar-refractivity contribution is -0.133. The van der Waals surface area contributed by atoms with E-state index in [1.165, 1.54) is 4.31 Å². The first-order valence-corrected chi connectivity index (χ1v) is 12.7. The van der Waals surface area contributed by atoms with Crippen molar-refractivity contribution in [2.75, 3.05) is 39.3 Å². The van der Waals surface area contributed by atoms with Gasteiger partial charge in [-0.1, -0.05) is 54.4 Å². The highest BCUT2D eigenvalue weighted by Gasteiger charge is 2.32. The van der Waals surface area contributed by atoms with Crippen LogP contribution in [0.2, 0.25) is 0 Å². The predicted octanol–water partition coefficient (Wildman–Crippen LogP) is 3.28. The zero-order valence-electron chi connectivity index (χ0n) is 19.9. The molecule has 0 atom stereocenters. The maximum absolute atomic E-state index is 13.8. The molecule has 1 amide bonds. The summed E-state index contributed by atoms with van der Waals surface area (Å²) >= 11 is 0. The Bertz CT molecular complexity index is 1030. The predicted molar refractivity (Wildman–Crippen MR) is 128 cm³/mol. The molecule has 0 saturated carbocycles. The number of hydrogen-bond acceptors (Lipinski definition) is 4. The molecule has 0 aromatic heterocycles. The molecule has 6 nitrogen and oxygen atoms in total. The summed E-state index contributed by atoms with van der Waals surface area (Å²) < 4.78 is 29.0. The molecule has 1 heterocycles. The second-order valence-electron chi connectivity index (χ2n) is 8.80. The first-order valence-electron chi connectivity index (χ1n) is 11.3. The standard InChI is InChI=1S/C25H35N3O3S/c1-6-26-11-13-27(14-12-26)24(29)18-28(17-23-9-7-19(2)8-10-23)32(30,31)25-21(4)15-20(3)16-22(25)5/h7-10,15-16H,6,11-14,17-18H2,1-5H3. The maximum atomic E-state index is 13.8. The van der Waals surface area contributed by atoms with E-state index in [-0.39, 0.29) is 19.0 Å². The van der Waals surface area contributed by atoms with Crippen molar-refractivity contribution in [1.29, 1.82) is 0 Å². The number of aryl methyl sites for hydroxylation is 4. The van der Waals surface area contributed by atoms with E-state index in [0.717, 1.165) is 36.3 Å². The van der Waals surface area contributed by atoms with Gasteiger partial charge in [-0.3, -0.25) is 4.79 Å². The normalized spacial score (nSPS) is 15.4. The van der Waals surface area contributed by atoms with Gasteiger partial charge < -0.3 is 9.80 Å². The van der Waals surface area contributed by atoms with Crippen molar-refractivity contribution >= 4 is 15.9 Å². The van der Waals surface area contributed by atoms with Gasteiger partial charge in [0.25, 0.3) is 0 Å². The molecule has 0 bridgehead atoms. The molecule has 1 aliphatic rings. The molecular weight excluding hydrogens is 422 g/mol. The van der Waals surface area contributed by atoms with Crippen LogP contribution in [0.15, 0.2) is 41.3 Å². The molecule has 174 valence electrons. The molecule has 3 rings (SSSR count). The topological polar surface area (TPSA) is 60.9 Å². The minimum Gasteiger partial charge on any atom is -0.339 e. The van der Waals surface area contributed by atoms with Gasteiger partial charge in [0.15, 0.2) is 0 Å².